The number of halogens is 1. The summed E-state index contributed by atoms with van der Waals surface area (Å²) in [5, 5.41) is 11.0. The van der Waals surface area contributed by atoms with E-state index in [2.05, 4.69) is 0 Å². The van der Waals surface area contributed by atoms with Gasteiger partial charge in [-0.25, -0.2) is 4.39 Å². The predicted molar refractivity (Wildman–Crippen MR) is 80.0 cm³/mol. The molecule has 2 aromatic carbocycles. The van der Waals surface area contributed by atoms with Gasteiger partial charge in [-0.3, -0.25) is 4.79 Å². The zero-order valence-corrected chi connectivity index (χ0v) is 12.7. The van der Waals surface area contributed by atoms with Gasteiger partial charge in [0.05, 0.1) is 5.41 Å². The van der Waals surface area contributed by atoms with Gasteiger partial charge in [0.25, 0.3) is 0 Å². The number of ether oxygens (including phenoxy) is 1. The van der Waals surface area contributed by atoms with Crippen molar-refractivity contribution in [2.75, 3.05) is 0 Å². The summed E-state index contributed by atoms with van der Waals surface area (Å²) >= 11 is 0. The average molecular weight is 290 g/mol. The lowest BCUT2D eigenvalue weighted by Gasteiger charge is -2.18. The first kappa shape index (κ1) is 15.3. The first-order chi connectivity index (χ1) is 9.74. The van der Waals surface area contributed by atoms with Crippen molar-refractivity contribution < 1.29 is 19.0 Å². The number of phenols is 1. The maximum absolute atomic E-state index is 14.0. The van der Waals surface area contributed by atoms with Crippen LogP contribution in [0, 0.1) is 11.2 Å². The molecule has 0 saturated heterocycles. The van der Waals surface area contributed by atoms with Crippen LogP contribution in [0.2, 0.25) is 0 Å². The van der Waals surface area contributed by atoms with Gasteiger partial charge in [0.15, 0.2) is 0 Å². The van der Waals surface area contributed by atoms with Gasteiger partial charge < -0.3 is 9.84 Å². The van der Waals surface area contributed by atoms with E-state index in [1.54, 1.807) is 26.8 Å². The number of fused-ring (bicyclic) bond motifs is 1. The third-order valence-electron chi connectivity index (χ3n) is 3.29. The van der Waals surface area contributed by atoms with Gasteiger partial charge in [0.1, 0.15) is 17.3 Å². The highest BCUT2D eigenvalue weighted by Crippen LogP contribution is 2.36. The molecular formula is C17H19FO3. The summed E-state index contributed by atoms with van der Waals surface area (Å²) in [6.45, 7) is 7.05. The Labute approximate surface area is 123 Å². The van der Waals surface area contributed by atoms with E-state index in [1.807, 2.05) is 6.92 Å². The van der Waals surface area contributed by atoms with Crippen molar-refractivity contribution in [1.82, 2.24) is 0 Å². The Hall–Kier alpha value is -2.10. The number of aryl methyl sites for hydroxylation is 1. The van der Waals surface area contributed by atoms with Crippen LogP contribution in [-0.2, 0) is 11.2 Å². The van der Waals surface area contributed by atoms with Gasteiger partial charge in [0.2, 0.25) is 0 Å². The summed E-state index contributed by atoms with van der Waals surface area (Å²) in [7, 11) is 0. The largest absolute Gasteiger partial charge is 0.508 e. The van der Waals surface area contributed by atoms with E-state index in [0.29, 0.717) is 22.8 Å². The van der Waals surface area contributed by atoms with Crippen molar-refractivity contribution in [2.24, 2.45) is 5.41 Å². The molecule has 0 spiro atoms. The molecule has 0 bridgehead atoms. The fraction of sp³-hybridized carbons (Fsp3) is 0.353. The first-order valence-electron chi connectivity index (χ1n) is 6.90. The number of aromatic hydroxyl groups is 1. The van der Waals surface area contributed by atoms with Crippen molar-refractivity contribution in [3.63, 3.8) is 0 Å². The van der Waals surface area contributed by atoms with E-state index in [0.717, 1.165) is 0 Å². The summed E-state index contributed by atoms with van der Waals surface area (Å²) < 4.78 is 19.4. The SMILES string of the molecule is CCc1c(F)ccc2cc(O)cc(OC(=O)C(C)(C)C)c12. The van der Waals surface area contributed by atoms with Crippen molar-refractivity contribution >= 4 is 16.7 Å². The number of esters is 1. The smallest absolute Gasteiger partial charge is 0.316 e. The predicted octanol–water partition coefficient (Wildman–Crippen LogP) is 4.20. The second-order valence-corrected chi connectivity index (χ2v) is 6.06. The molecule has 0 unspecified atom stereocenters. The minimum absolute atomic E-state index is 0.0205. The normalized spacial score (nSPS) is 11.7. The number of carbonyl (C=O) groups is 1. The fourth-order valence-corrected chi connectivity index (χ4v) is 2.14. The van der Waals surface area contributed by atoms with E-state index in [1.165, 1.54) is 18.2 Å². The van der Waals surface area contributed by atoms with Crippen LogP contribution in [-0.4, -0.2) is 11.1 Å². The van der Waals surface area contributed by atoms with Crippen LogP contribution in [0.5, 0.6) is 11.5 Å². The van der Waals surface area contributed by atoms with Crippen molar-refractivity contribution in [2.45, 2.75) is 34.1 Å². The Morgan fingerprint density at radius 2 is 1.95 bits per heavy atom. The molecule has 0 fully saturated rings. The summed E-state index contributed by atoms with van der Waals surface area (Å²) in [5.41, 5.74) is -0.207. The topological polar surface area (TPSA) is 46.5 Å². The van der Waals surface area contributed by atoms with E-state index in [-0.39, 0.29) is 17.3 Å². The Balaban J connectivity index is 2.67. The molecule has 0 saturated carbocycles. The van der Waals surface area contributed by atoms with Crippen LogP contribution < -0.4 is 4.74 Å². The van der Waals surface area contributed by atoms with Crippen LogP contribution in [0.15, 0.2) is 24.3 Å². The molecule has 112 valence electrons. The van der Waals surface area contributed by atoms with Crippen molar-refractivity contribution in [3.05, 3.63) is 35.6 Å². The zero-order valence-electron chi connectivity index (χ0n) is 12.7. The quantitative estimate of drug-likeness (QED) is 0.666. The van der Waals surface area contributed by atoms with E-state index >= 15 is 0 Å². The van der Waals surface area contributed by atoms with Gasteiger partial charge in [0, 0.05) is 11.5 Å². The summed E-state index contributed by atoms with van der Waals surface area (Å²) in [5.74, 6) is -0.599. The molecule has 0 heterocycles. The fourth-order valence-electron chi connectivity index (χ4n) is 2.14. The minimum atomic E-state index is -0.683. The molecule has 0 aliphatic heterocycles. The molecule has 0 radical (unpaired) electrons. The van der Waals surface area contributed by atoms with Crippen LogP contribution in [0.1, 0.15) is 33.3 Å². The molecule has 4 heteroatoms. The number of hydrogen-bond acceptors (Lipinski definition) is 3. The molecule has 0 aliphatic carbocycles. The molecule has 2 aromatic rings. The minimum Gasteiger partial charge on any atom is -0.508 e. The van der Waals surface area contributed by atoms with Crippen LogP contribution in [0.25, 0.3) is 10.8 Å². The maximum Gasteiger partial charge on any atom is 0.316 e. The molecule has 1 N–H and O–H groups in total. The van der Waals surface area contributed by atoms with Gasteiger partial charge in [-0.1, -0.05) is 13.0 Å². The summed E-state index contributed by atoms with van der Waals surface area (Å²) in [6.07, 6.45) is 0.466. The molecule has 0 aliphatic rings. The van der Waals surface area contributed by atoms with Crippen LogP contribution in [0.4, 0.5) is 4.39 Å². The van der Waals surface area contributed by atoms with E-state index in [4.69, 9.17) is 4.74 Å². The second-order valence-electron chi connectivity index (χ2n) is 6.06. The molecular weight excluding hydrogens is 271 g/mol. The lowest BCUT2D eigenvalue weighted by Crippen LogP contribution is -2.25. The standard InChI is InChI=1S/C17H19FO3/c1-5-12-13(18)7-6-10-8-11(19)9-14(15(10)12)21-16(20)17(2,3)4/h6-9,19H,5H2,1-4H3. The molecule has 21 heavy (non-hydrogen) atoms. The van der Waals surface area contributed by atoms with Crippen LogP contribution >= 0.6 is 0 Å². The van der Waals surface area contributed by atoms with E-state index < -0.39 is 11.4 Å². The average Bonchev–Trinajstić information content (AvgIpc) is 2.38. The molecule has 0 atom stereocenters. The number of phenolic OH excluding ortho intramolecular Hbond substituents is 1. The Morgan fingerprint density at radius 3 is 2.52 bits per heavy atom. The zero-order chi connectivity index (χ0) is 15.8. The van der Waals surface area contributed by atoms with Gasteiger partial charge in [-0.15, -0.1) is 0 Å². The number of carbonyl (C=O) groups excluding carboxylic acids is 1. The lowest BCUT2D eigenvalue weighted by atomic mass is 9.97. The summed E-state index contributed by atoms with van der Waals surface area (Å²) in [6, 6.07) is 5.81. The van der Waals surface area contributed by atoms with Gasteiger partial charge >= 0.3 is 5.97 Å². The highest BCUT2D eigenvalue weighted by atomic mass is 19.1. The van der Waals surface area contributed by atoms with Gasteiger partial charge in [-0.05, 0) is 50.3 Å². The second kappa shape index (κ2) is 5.35. The van der Waals surface area contributed by atoms with Crippen molar-refractivity contribution in [1.29, 1.82) is 0 Å². The monoisotopic (exact) mass is 290 g/mol. The Kier molecular flexibility index (Phi) is 3.90. The molecule has 0 aromatic heterocycles. The lowest BCUT2D eigenvalue weighted by molar-refractivity contribution is -0.142. The molecule has 0 amide bonds. The number of hydrogen-bond donors (Lipinski definition) is 1. The number of benzene rings is 2. The highest BCUT2D eigenvalue weighted by molar-refractivity contribution is 5.95. The van der Waals surface area contributed by atoms with E-state index in [9.17, 15) is 14.3 Å². The third-order valence-corrected chi connectivity index (χ3v) is 3.29. The Bertz CT molecular complexity index is 699. The molecule has 3 nitrogen and oxygen atoms in total. The van der Waals surface area contributed by atoms with Crippen molar-refractivity contribution in [3.8, 4) is 11.5 Å². The highest BCUT2D eigenvalue weighted by Gasteiger charge is 2.25. The van der Waals surface area contributed by atoms with Gasteiger partial charge in [-0.2, -0.15) is 0 Å². The molecule has 2 rings (SSSR count). The number of rotatable bonds is 2. The summed E-state index contributed by atoms with van der Waals surface area (Å²) in [4.78, 5) is 12.1. The maximum atomic E-state index is 14.0. The third kappa shape index (κ3) is 2.99. The Morgan fingerprint density at radius 1 is 1.29 bits per heavy atom. The van der Waals surface area contributed by atoms with Crippen LogP contribution in [0.3, 0.4) is 0 Å². The first-order valence-corrected chi connectivity index (χ1v) is 6.90.